The number of nitrogens with zero attached hydrogens (tertiary/aromatic N) is 1. The van der Waals surface area contributed by atoms with Gasteiger partial charge < -0.3 is 34.3 Å². The molecule has 0 aromatic heterocycles. The van der Waals surface area contributed by atoms with Crippen LogP contribution in [-0.2, 0) is 18.9 Å². The van der Waals surface area contributed by atoms with Crippen LogP contribution in [0.1, 0.15) is 32.6 Å². The third-order valence-corrected chi connectivity index (χ3v) is 11.6. The van der Waals surface area contributed by atoms with E-state index in [1.165, 1.54) is 0 Å². The third-order valence-electron chi connectivity index (χ3n) is 11.6. The highest BCUT2D eigenvalue weighted by molar-refractivity contribution is 5.43. The highest BCUT2D eigenvalue weighted by Crippen LogP contribution is 2.83. The second-order valence-electron chi connectivity index (χ2n) is 11.8. The summed E-state index contributed by atoms with van der Waals surface area (Å²) in [6, 6.07) is -0.267. The van der Waals surface area contributed by atoms with Crippen molar-refractivity contribution in [1.82, 2.24) is 4.90 Å². The first-order valence-corrected chi connectivity index (χ1v) is 12.4. The summed E-state index contributed by atoms with van der Waals surface area (Å²) in [4.78, 5) is 2.32. The van der Waals surface area contributed by atoms with Gasteiger partial charge in [0.25, 0.3) is 0 Å². The molecule has 1 spiro atoms. The summed E-state index contributed by atoms with van der Waals surface area (Å²) in [6.07, 6.45) is 1.31. The van der Waals surface area contributed by atoms with Gasteiger partial charge in [-0.1, -0.05) is 6.92 Å². The summed E-state index contributed by atoms with van der Waals surface area (Å²) in [7, 11) is 5.06. The Morgan fingerprint density at radius 2 is 1.94 bits per heavy atom. The fourth-order valence-electron chi connectivity index (χ4n) is 11.2. The number of piperidine rings is 1. The predicted octanol–water partition coefficient (Wildman–Crippen LogP) is -0.0191. The van der Waals surface area contributed by atoms with Crippen LogP contribution in [0.2, 0.25) is 0 Å². The van der Waals surface area contributed by atoms with Crippen molar-refractivity contribution in [3.05, 3.63) is 0 Å². The van der Waals surface area contributed by atoms with Crippen LogP contribution in [0.15, 0.2) is 0 Å². The number of hydrogen-bond donors (Lipinski definition) is 3. The second kappa shape index (κ2) is 6.08. The van der Waals surface area contributed by atoms with Gasteiger partial charge in [0.2, 0.25) is 0 Å². The average Bonchev–Trinajstić information content (AvgIpc) is 3.17. The summed E-state index contributed by atoms with van der Waals surface area (Å²) in [5.74, 6) is -0.374. The molecule has 9 fully saturated rings. The molecule has 0 aromatic carbocycles. The van der Waals surface area contributed by atoms with Crippen molar-refractivity contribution in [2.75, 3.05) is 34.5 Å². The molecule has 32 heavy (non-hydrogen) atoms. The van der Waals surface area contributed by atoms with Crippen LogP contribution in [0.4, 0.5) is 0 Å². The van der Waals surface area contributed by atoms with Gasteiger partial charge in [-0.25, -0.2) is 0 Å². The summed E-state index contributed by atoms with van der Waals surface area (Å²) in [5, 5.41) is 36.9. The maximum Gasteiger partial charge on any atom is 0.136 e. The monoisotopic (exact) mass is 451 g/mol. The Morgan fingerprint density at radius 3 is 2.59 bits per heavy atom. The minimum Gasteiger partial charge on any atom is -0.392 e. The Hall–Kier alpha value is -0.320. The highest BCUT2D eigenvalue weighted by atomic mass is 16.5. The first-order valence-electron chi connectivity index (χ1n) is 12.4. The van der Waals surface area contributed by atoms with Gasteiger partial charge in [-0.2, -0.15) is 0 Å². The van der Waals surface area contributed by atoms with Crippen molar-refractivity contribution in [1.29, 1.82) is 0 Å². The Labute approximate surface area is 189 Å². The lowest BCUT2D eigenvalue weighted by molar-refractivity contribution is -0.410. The number of methoxy groups -OCH3 is 3. The minimum atomic E-state index is -1.52. The molecule has 0 amide bonds. The topological polar surface area (TPSA) is 101 Å². The smallest absolute Gasteiger partial charge is 0.136 e. The maximum atomic E-state index is 12.9. The highest BCUT2D eigenvalue weighted by Gasteiger charge is 2.94. The van der Waals surface area contributed by atoms with E-state index in [0.717, 1.165) is 19.3 Å². The molecule has 9 aliphatic rings. The molecule has 5 saturated carbocycles. The Bertz CT molecular complexity index is 839. The van der Waals surface area contributed by atoms with Gasteiger partial charge in [0.1, 0.15) is 17.4 Å². The number of likely N-dealkylation sites (N-methyl/N-ethyl adjacent to an activating group) is 1. The summed E-state index contributed by atoms with van der Waals surface area (Å²) >= 11 is 0. The zero-order valence-electron chi connectivity index (χ0n) is 19.4. The summed E-state index contributed by atoms with van der Waals surface area (Å²) < 4.78 is 24.7. The molecule has 3 N–H and O–H groups in total. The first-order chi connectivity index (χ1) is 15.3. The Kier molecular flexibility index (Phi) is 3.99. The third kappa shape index (κ3) is 1.70. The number of aliphatic hydroxyl groups excluding tert-OH is 1. The van der Waals surface area contributed by atoms with Crippen molar-refractivity contribution in [2.45, 2.75) is 80.5 Å². The molecule has 8 heteroatoms. The van der Waals surface area contributed by atoms with E-state index in [2.05, 4.69) is 11.8 Å². The van der Waals surface area contributed by atoms with Crippen LogP contribution in [-0.4, -0.2) is 103 Å². The summed E-state index contributed by atoms with van der Waals surface area (Å²) in [6.45, 7) is 3.37. The molecule has 180 valence electrons. The van der Waals surface area contributed by atoms with E-state index in [1.54, 1.807) is 21.3 Å². The van der Waals surface area contributed by atoms with Gasteiger partial charge in [-0.05, 0) is 31.7 Å². The molecule has 0 radical (unpaired) electrons. The van der Waals surface area contributed by atoms with Gasteiger partial charge in [-0.15, -0.1) is 0 Å². The van der Waals surface area contributed by atoms with Crippen LogP contribution in [0.3, 0.4) is 0 Å². The zero-order chi connectivity index (χ0) is 22.4. The number of hydrogen-bond acceptors (Lipinski definition) is 8. The van der Waals surface area contributed by atoms with Gasteiger partial charge in [-0.3, -0.25) is 4.90 Å². The molecule has 0 aromatic rings. The molecule has 9 rings (SSSR count). The number of rotatable bonds is 5. The van der Waals surface area contributed by atoms with Crippen molar-refractivity contribution >= 4 is 0 Å². The van der Waals surface area contributed by atoms with Crippen LogP contribution in [0.5, 0.6) is 0 Å². The number of aliphatic hydroxyl groups is 3. The minimum absolute atomic E-state index is 0.00204. The maximum absolute atomic E-state index is 12.9. The Morgan fingerprint density at radius 1 is 1.16 bits per heavy atom. The van der Waals surface area contributed by atoms with Crippen molar-refractivity contribution in [3.63, 3.8) is 0 Å². The number of ether oxygens (including phenoxy) is 4. The molecule has 4 heterocycles. The van der Waals surface area contributed by atoms with E-state index in [1.807, 2.05) is 0 Å². The normalized spacial score (nSPS) is 65.7. The van der Waals surface area contributed by atoms with E-state index in [4.69, 9.17) is 18.9 Å². The van der Waals surface area contributed by atoms with Gasteiger partial charge in [0.05, 0.1) is 37.1 Å². The Balaban J connectivity index is 1.55. The van der Waals surface area contributed by atoms with Crippen LogP contribution in [0.25, 0.3) is 0 Å². The lowest BCUT2D eigenvalue weighted by atomic mass is 9.41. The standard InChI is InChI=1S/C24H37NO7/c1-5-25-19-23-12-8-11-13(30-3)9-22(27,15(12)16(11)26)24(19,28)18(31-4)17(23)21(10-29-2)7-6-14(23)32-20(21)25/h11-20,26-28H,5-10H2,1-4H3/t11-,12-,13+,14+,15-,16+,17-,18+,19?,20?,21+,22-,23+,24-/m1/s1. The van der Waals surface area contributed by atoms with Crippen molar-refractivity contribution in [2.24, 2.45) is 34.5 Å². The SMILES string of the molecule is CCN1C2O[C@H]3CC[C@]2(COC)[C@H]2[C@H](OC)[C@@]4(O)C1[C@@]32[C@@H]1C[C@H]2[C@H](O)[C@@H]1[C@]4(O)C[C@@H]2OC. The summed E-state index contributed by atoms with van der Waals surface area (Å²) in [5.41, 5.74) is -3.69. The van der Waals surface area contributed by atoms with Gasteiger partial charge in [0, 0.05) is 56.3 Å². The first kappa shape index (κ1) is 21.0. The molecular weight excluding hydrogens is 414 g/mol. The molecular formula is C24H37NO7. The molecule has 5 aliphatic carbocycles. The van der Waals surface area contributed by atoms with Gasteiger partial charge >= 0.3 is 0 Å². The lowest BCUT2D eigenvalue weighted by Gasteiger charge is -2.76. The van der Waals surface area contributed by atoms with E-state index in [-0.39, 0.29) is 53.1 Å². The fourth-order valence-corrected chi connectivity index (χ4v) is 11.2. The quantitative estimate of drug-likeness (QED) is 0.536. The predicted molar refractivity (Wildman–Crippen MR) is 111 cm³/mol. The van der Waals surface area contributed by atoms with Crippen LogP contribution >= 0.6 is 0 Å². The number of fused-ring (bicyclic) bond motifs is 3. The fraction of sp³-hybridized carbons (Fsp3) is 1.00. The van der Waals surface area contributed by atoms with Gasteiger partial charge in [0.15, 0.2) is 0 Å². The largest absolute Gasteiger partial charge is 0.392 e. The van der Waals surface area contributed by atoms with Crippen molar-refractivity contribution < 1.29 is 34.3 Å². The van der Waals surface area contributed by atoms with E-state index in [0.29, 0.717) is 19.6 Å². The van der Waals surface area contributed by atoms with E-state index < -0.39 is 29.3 Å². The average molecular weight is 452 g/mol. The zero-order valence-corrected chi connectivity index (χ0v) is 19.4. The van der Waals surface area contributed by atoms with Crippen LogP contribution < -0.4 is 0 Å². The molecule has 14 atom stereocenters. The van der Waals surface area contributed by atoms with E-state index >= 15 is 0 Å². The molecule has 4 saturated heterocycles. The van der Waals surface area contributed by atoms with Crippen LogP contribution in [0, 0.1) is 34.5 Å². The molecule has 2 unspecified atom stereocenters. The second-order valence-corrected chi connectivity index (χ2v) is 11.8. The molecule has 8 nitrogen and oxygen atoms in total. The van der Waals surface area contributed by atoms with E-state index in [9.17, 15) is 15.3 Å². The molecule has 9 bridgehead atoms. The van der Waals surface area contributed by atoms with Crippen molar-refractivity contribution in [3.8, 4) is 0 Å². The lowest BCUT2D eigenvalue weighted by Crippen LogP contribution is -2.86. The molecule has 4 aliphatic heterocycles.